The van der Waals surface area contributed by atoms with Crippen LogP contribution in [0.5, 0.6) is 0 Å². The fourth-order valence-electron chi connectivity index (χ4n) is 1.70. The molecular weight excluding hydrogens is 260 g/mol. The largest absolute Gasteiger partial charge is 0.466 e. The lowest BCUT2D eigenvalue weighted by Crippen LogP contribution is -1.95. The van der Waals surface area contributed by atoms with Gasteiger partial charge in [0.05, 0.1) is 22.7 Å². The highest BCUT2D eigenvalue weighted by Gasteiger charge is 2.13. The number of carbonyl (C=O) groups excluding carboxylic acids is 1. The molecule has 0 N–H and O–H groups in total. The number of ether oxygens (including phenoxy) is 1. The Morgan fingerprint density at radius 1 is 1.37 bits per heavy atom. The number of esters is 1. The molecule has 98 valence electrons. The van der Waals surface area contributed by atoms with Crippen molar-refractivity contribution >= 4 is 22.9 Å². The van der Waals surface area contributed by atoms with Gasteiger partial charge < -0.3 is 4.74 Å². The molecule has 0 aliphatic rings. The van der Waals surface area contributed by atoms with E-state index in [9.17, 15) is 4.79 Å². The van der Waals surface area contributed by atoms with Gasteiger partial charge in [0.2, 0.25) is 0 Å². The van der Waals surface area contributed by atoms with Crippen molar-refractivity contribution < 1.29 is 9.53 Å². The fraction of sp³-hybridized carbons (Fsp3) is 0.214. The second-order valence-electron chi connectivity index (χ2n) is 4.00. The van der Waals surface area contributed by atoms with Gasteiger partial charge in [0.1, 0.15) is 0 Å². The van der Waals surface area contributed by atoms with Gasteiger partial charge in [0.15, 0.2) is 0 Å². The predicted octanol–water partition coefficient (Wildman–Crippen LogP) is 3.09. The minimum absolute atomic E-state index is 0.357. The maximum atomic E-state index is 11.3. The molecule has 0 unspecified atom stereocenters. The number of pyridine rings is 1. The summed E-state index contributed by atoms with van der Waals surface area (Å²) in [5.74, 6) is -0.357. The molecule has 0 amide bonds. The summed E-state index contributed by atoms with van der Waals surface area (Å²) in [6, 6.07) is 3.81. The zero-order valence-electron chi connectivity index (χ0n) is 11.0. The first-order valence-corrected chi connectivity index (χ1v) is 6.58. The maximum Gasteiger partial charge on any atom is 0.330 e. The standard InChI is InChI=1S/C14H14N2O2S/c1-9(8-12(17)18-3)14-13(16-10(2)19-14)11-4-6-15-7-5-11/h4-8H,1-3H3/b9-8+. The predicted molar refractivity (Wildman–Crippen MR) is 75.7 cm³/mol. The molecule has 0 radical (unpaired) electrons. The molecule has 2 aromatic rings. The zero-order valence-corrected chi connectivity index (χ0v) is 11.8. The van der Waals surface area contributed by atoms with Crippen LogP contribution in [0, 0.1) is 6.92 Å². The molecule has 2 heterocycles. The van der Waals surface area contributed by atoms with E-state index in [4.69, 9.17) is 0 Å². The van der Waals surface area contributed by atoms with Crippen LogP contribution in [0.15, 0.2) is 30.6 Å². The van der Waals surface area contributed by atoms with Crippen LogP contribution in [0.1, 0.15) is 16.8 Å². The van der Waals surface area contributed by atoms with Crippen molar-refractivity contribution in [2.24, 2.45) is 0 Å². The van der Waals surface area contributed by atoms with E-state index >= 15 is 0 Å². The van der Waals surface area contributed by atoms with Crippen molar-refractivity contribution in [3.8, 4) is 11.3 Å². The van der Waals surface area contributed by atoms with Gasteiger partial charge in [-0.3, -0.25) is 4.98 Å². The molecule has 4 nitrogen and oxygen atoms in total. The summed E-state index contributed by atoms with van der Waals surface area (Å²) in [5, 5.41) is 0.958. The average Bonchev–Trinajstić information content (AvgIpc) is 2.82. The molecule has 0 fully saturated rings. The number of aryl methyl sites for hydroxylation is 1. The number of methoxy groups -OCH3 is 1. The number of thiazole rings is 1. The molecule has 19 heavy (non-hydrogen) atoms. The van der Waals surface area contributed by atoms with Crippen LogP contribution in [-0.4, -0.2) is 23.0 Å². The van der Waals surface area contributed by atoms with Gasteiger partial charge in [0.25, 0.3) is 0 Å². The lowest BCUT2D eigenvalue weighted by Gasteiger charge is -2.02. The van der Waals surface area contributed by atoms with Crippen LogP contribution in [0.3, 0.4) is 0 Å². The van der Waals surface area contributed by atoms with Crippen LogP contribution in [0.4, 0.5) is 0 Å². The normalized spacial score (nSPS) is 11.4. The summed E-state index contributed by atoms with van der Waals surface area (Å²) in [7, 11) is 1.37. The lowest BCUT2D eigenvalue weighted by molar-refractivity contribution is -0.134. The molecule has 0 spiro atoms. The van der Waals surface area contributed by atoms with Crippen molar-refractivity contribution in [2.75, 3.05) is 7.11 Å². The second kappa shape index (κ2) is 5.75. The number of nitrogens with zero attached hydrogens (tertiary/aromatic N) is 2. The van der Waals surface area contributed by atoms with E-state index in [1.165, 1.54) is 13.2 Å². The molecule has 0 aliphatic heterocycles. The quantitative estimate of drug-likeness (QED) is 0.637. The van der Waals surface area contributed by atoms with Crippen molar-refractivity contribution in [1.29, 1.82) is 0 Å². The Labute approximate surface area is 115 Å². The van der Waals surface area contributed by atoms with Crippen molar-refractivity contribution in [1.82, 2.24) is 9.97 Å². The molecule has 0 aromatic carbocycles. The average molecular weight is 274 g/mol. The minimum atomic E-state index is -0.357. The second-order valence-corrected chi connectivity index (χ2v) is 5.20. The first-order valence-electron chi connectivity index (χ1n) is 5.76. The summed E-state index contributed by atoms with van der Waals surface area (Å²) in [6.07, 6.45) is 4.94. The van der Waals surface area contributed by atoms with Crippen molar-refractivity contribution in [2.45, 2.75) is 13.8 Å². The van der Waals surface area contributed by atoms with Crippen LogP contribution in [-0.2, 0) is 9.53 Å². The number of carbonyl (C=O) groups is 1. The third kappa shape index (κ3) is 3.06. The molecule has 0 atom stereocenters. The van der Waals surface area contributed by atoms with E-state index in [0.29, 0.717) is 0 Å². The first-order chi connectivity index (χ1) is 9.11. The summed E-state index contributed by atoms with van der Waals surface area (Å²) in [4.78, 5) is 20.8. The van der Waals surface area contributed by atoms with Crippen molar-refractivity contribution in [3.05, 3.63) is 40.5 Å². The van der Waals surface area contributed by atoms with Crippen LogP contribution >= 0.6 is 11.3 Å². The highest BCUT2D eigenvalue weighted by atomic mass is 32.1. The summed E-state index contributed by atoms with van der Waals surface area (Å²) in [5.41, 5.74) is 2.72. The molecule has 2 aromatic heterocycles. The number of allylic oxidation sites excluding steroid dienone is 1. The topological polar surface area (TPSA) is 52.1 Å². The number of rotatable bonds is 3. The highest BCUT2D eigenvalue weighted by Crippen LogP contribution is 2.32. The van der Waals surface area contributed by atoms with Gasteiger partial charge in [-0.25, -0.2) is 9.78 Å². The SMILES string of the molecule is COC(=O)/C=C(\C)c1sc(C)nc1-c1ccncc1. The van der Waals surface area contributed by atoms with Gasteiger partial charge in [-0.2, -0.15) is 0 Å². The van der Waals surface area contributed by atoms with E-state index < -0.39 is 0 Å². The van der Waals surface area contributed by atoms with Crippen molar-refractivity contribution in [3.63, 3.8) is 0 Å². The summed E-state index contributed by atoms with van der Waals surface area (Å²) >= 11 is 1.56. The van der Waals surface area contributed by atoms with Gasteiger partial charge in [-0.1, -0.05) is 0 Å². The number of hydrogen-bond donors (Lipinski definition) is 0. The van der Waals surface area contributed by atoms with E-state index in [0.717, 1.165) is 26.7 Å². The Morgan fingerprint density at radius 2 is 2.05 bits per heavy atom. The van der Waals surface area contributed by atoms with Crippen LogP contribution in [0.25, 0.3) is 16.8 Å². The van der Waals surface area contributed by atoms with Gasteiger partial charge >= 0.3 is 5.97 Å². The van der Waals surface area contributed by atoms with E-state index in [1.807, 2.05) is 26.0 Å². The monoisotopic (exact) mass is 274 g/mol. The Morgan fingerprint density at radius 3 is 2.68 bits per heavy atom. The molecular formula is C14H14N2O2S. The Bertz CT molecular complexity index is 618. The summed E-state index contributed by atoms with van der Waals surface area (Å²) < 4.78 is 4.65. The Balaban J connectivity index is 2.48. The smallest absolute Gasteiger partial charge is 0.330 e. The van der Waals surface area contributed by atoms with Gasteiger partial charge in [0, 0.05) is 24.0 Å². The molecule has 5 heteroatoms. The number of hydrogen-bond acceptors (Lipinski definition) is 5. The Kier molecular flexibility index (Phi) is 4.06. The highest BCUT2D eigenvalue weighted by molar-refractivity contribution is 7.13. The molecule has 0 saturated heterocycles. The van der Waals surface area contributed by atoms with Gasteiger partial charge in [-0.05, 0) is 31.6 Å². The molecule has 0 aliphatic carbocycles. The Hall–Kier alpha value is -2.01. The lowest BCUT2D eigenvalue weighted by atomic mass is 10.1. The zero-order chi connectivity index (χ0) is 13.8. The molecule has 0 bridgehead atoms. The minimum Gasteiger partial charge on any atom is -0.466 e. The molecule has 2 rings (SSSR count). The molecule has 0 saturated carbocycles. The van der Waals surface area contributed by atoms with Crippen LogP contribution in [0.2, 0.25) is 0 Å². The van der Waals surface area contributed by atoms with Gasteiger partial charge in [-0.15, -0.1) is 11.3 Å². The first kappa shape index (κ1) is 13.4. The maximum absolute atomic E-state index is 11.3. The summed E-state index contributed by atoms with van der Waals surface area (Å²) in [6.45, 7) is 3.83. The van der Waals surface area contributed by atoms with E-state index in [-0.39, 0.29) is 5.97 Å². The fourth-order valence-corrected chi connectivity index (χ4v) is 2.61. The number of aromatic nitrogens is 2. The van der Waals surface area contributed by atoms with E-state index in [2.05, 4.69) is 14.7 Å². The van der Waals surface area contributed by atoms with E-state index in [1.54, 1.807) is 23.7 Å². The third-order valence-corrected chi connectivity index (χ3v) is 3.69. The third-order valence-electron chi connectivity index (χ3n) is 2.58. The van der Waals surface area contributed by atoms with Crippen LogP contribution < -0.4 is 0 Å².